The van der Waals surface area contributed by atoms with Crippen LogP contribution in [0.15, 0.2) is 52.9 Å². The van der Waals surface area contributed by atoms with Crippen molar-refractivity contribution in [3.8, 4) is 0 Å². The van der Waals surface area contributed by atoms with Gasteiger partial charge in [-0.2, -0.15) is 0 Å². The monoisotopic (exact) mass is 385 g/mol. The summed E-state index contributed by atoms with van der Waals surface area (Å²) in [5.74, 6) is -0.431. The van der Waals surface area contributed by atoms with E-state index in [0.717, 1.165) is 5.39 Å². The molecule has 1 fully saturated rings. The largest absolute Gasteiger partial charge is 0.451 e. The van der Waals surface area contributed by atoms with Crippen LogP contribution in [-0.2, 0) is 0 Å². The normalized spacial score (nSPS) is 15.3. The number of furan rings is 1. The quantitative estimate of drug-likeness (QED) is 0.599. The molecule has 27 heavy (non-hydrogen) atoms. The summed E-state index contributed by atoms with van der Waals surface area (Å²) in [5, 5.41) is 1.37. The van der Waals surface area contributed by atoms with Crippen LogP contribution in [0.4, 0.5) is 4.39 Å². The van der Waals surface area contributed by atoms with E-state index in [1.165, 1.54) is 24.3 Å². The van der Waals surface area contributed by atoms with E-state index < -0.39 is 0 Å². The number of Topliss-reactive ketones (excluding diaryl/α,β-unsaturated/α-hetero) is 1. The number of carbonyl (C=O) groups excluding carboxylic acids is 2. The van der Waals surface area contributed by atoms with E-state index in [1.54, 1.807) is 29.2 Å². The Morgan fingerprint density at radius 1 is 1.04 bits per heavy atom. The number of hydrogen-bond acceptors (Lipinski definition) is 3. The van der Waals surface area contributed by atoms with Crippen molar-refractivity contribution in [3.63, 3.8) is 0 Å². The number of fused-ring (bicyclic) bond motifs is 1. The average Bonchev–Trinajstić information content (AvgIpc) is 3.11. The van der Waals surface area contributed by atoms with Crippen LogP contribution >= 0.6 is 11.6 Å². The average molecular weight is 386 g/mol. The molecule has 3 aromatic rings. The molecule has 1 aliphatic heterocycles. The first kappa shape index (κ1) is 17.7. The minimum atomic E-state index is -0.362. The number of ketones is 1. The zero-order valence-electron chi connectivity index (χ0n) is 14.5. The Morgan fingerprint density at radius 2 is 1.74 bits per heavy atom. The molecule has 4 rings (SSSR count). The fourth-order valence-electron chi connectivity index (χ4n) is 3.47. The minimum absolute atomic E-state index is 0.000443. The molecule has 0 bridgehead atoms. The molecule has 2 heterocycles. The van der Waals surface area contributed by atoms with Crippen LogP contribution in [0.2, 0.25) is 5.02 Å². The van der Waals surface area contributed by atoms with Gasteiger partial charge in [-0.3, -0.25) is 9.59 Å². The Hall–Kier alpha value is -2.66. The maximum absolute atomic E-state index is 13.0. The number of halogens is 2. The number of nitrogens with zero attached hydrogens (tertiary/aromatic N) is 1. The SMILES string of the molecule is O=C(c1ccc(F)cc1)C1CCN(C(=O)c2cc3cc(Cl)ccc3o2)CC1. The summed E-state index contributed by atoms with van der Waals surface area (Å²) < 4.78 is 18.7. The zero-order chi connectivity index (χ0) is 19.0. The molecule has 0 radical (unpaired) electrons. The third kappa shape index (κ3) is 3.60. The summed E-state index contributed by atoms with van der Waals surface area (Å²) in [7, 11) is 0. The zero-order valence-corrected chi connectivity index (χ0v) is 15.2. The van der Waals surface area contributed by atoms with Crippen LogP contribution in [0.5, 0.6) is 0 Å². The fraction of sp³-hybridized carbons (Fsp3) is 0.238. The van der Waals surface area contributed by atoms with Crippen LogP contribution in [0, 0.1) is 11.7 Å². The van der Waals surface area contributed by atoms with Crippen molar-refractivity contribution < 1.29 is 18.4 Å². The molecular formula is C21H17ClFNO3. The van der Waals surface area contributed by atoms with Crippen molar-refractivity contribution in [2.75, 3.05) is 13.1 Å². The van der Waals surface area contributed by atoms with Gasteiger partial charge in [-0.25, -0.2) is 4.39 Å². The second-order valence-corrected chi connectivity index (χ2v) is 7.17. The van der Waals surface area contributed by atoms with Gasteiger partial charge in [-0.05, 0) is 61.4 Å². The van der Waals surface area contributed by atoms with Crippen LogP contribution in [0.25, 0.3) is 11.0 Å². The van der Waals surface area contributed by atoms with Crippen molar-refractivity contribution >= 4 is 34.3 Å². The van der Waals surface area contributed by atoms with Crippen molar-refractivity contribution in [2.24, 2.45) is 5.92 Å². The first-order valence-corrected chi connectivity index (χ1v) is 9.17. The molecule has 0 saturated carbocycles. The van der Waals surface area contributed by atoms with Crippen molar-refractivity contribution in [1.29, 1.82) is 0 Å². The van der Waals surface area contributed by atoms with E-state index in [-0.39, 0.29) is 29.2 Å². The summed E-state index contributed by atoms with van der Waals surface area (Å²) in [4.78, 5) is 27.0. The lowest BCUT2D eigenvalue weighted by atomic mass is 9.89. The number of hydrogen-bond donors (Lipinski definition) is 0. The third-order valence-corrected chi connectivity index (χ3v) is 5.21. The Labute approximate surface area is 160 Å². The van der Waals surface area contributed by atoms with E-state index in [9.17, 15) is 14.0 Å². The highest BCUT2D eigenvalue weighted by molar-refractivity contribution is 6.31. The second kappa shape index (κ2) is 7.16. The lowest BCUT2D eigenvalue weighted by Crippen LogP contribution is -2.40. The van der Waals surface area contributed by atoms with Crippen LogP contribution < -0.4 is 0 Å². The predicted molar refractivity (Wildman–Crippen MR) is 101 cm³/mol. The molecule has 1 aromatic heterocycles. The van der Waals surface area contributed by atoms with Crippen molar-refractivity contribution in [2.45, 2.75) is 12.8 Å². The first-order valence-electron chi connectivity index (χ1n) is 8.79. The number of piperidine rings is 1. The molecule has 0 N–H and O–H groups in total. The lowest BCUT2D eigenvalue weighted by molar-refractivity contribution is 0.0626. The maximum atomic E-state index is 13.0. The Morgan fingerprint density at radius 3 is 2.44 bits per heavy atom. The molecule has 2 aromatic carbocycles. The number of carbonyl (C=O) groups is 2. The van der Waals surface area contributed by atoms with E-state index in [0.29, 0.717) is 42.1 Å². The van der Waals surface area contributed by atoms with Gasteiger partial charge in [0.05, 0.1) is 0 Å². The van der Waals surface area contributed by atoms with E-state index >= 15 is 0 Å². The number of amides is 1. The Kier molecular flexibility index (Phi) is 4.70. The van der Waals surface area contributed by atoms with Gasteiger partial charge in [0.25, 0.3) is 5.91 Å². The molecule has 6 heteroatoms. The number of rotatable bonds is 3. The second-order valence-electron chi connectivity index (χ2n) is 6.73. The highest BCUT2D eigenvalue weighted by atomic mass is 35.5. The first-order chi connectivity index (χ1) is 13.0. The standard InChI is InChI=1S/C21H17ClFNO3/c22-16-3-6-18-15(11-16)12-19(27-18)21(26)24-9-7-14(8-10-24)20(25)13-1-4-17(23)5-2-13/h1-6,11-12,14H,7-10H2. The summed E-state index contributed by atoms with van der Waals surface area (Å²) in [6.07, 6.45) is 1.15. The molecule has 138 valence electrons. The van der Waals surface area contributed by atoms with Gasteiger partial charge >= 0.3 is 0 Å². The van der Waals surface area contributed by atoms with Crippen molar-refractivity contribution in [3.05, 3.63) is 70.7 Å². The smallest absolute Gasteiger partial charge is 0.289 e. The Bertz CT molecular complexity index is 1000. The van der Waals surface area contributed by atoms with E-state index in [1.807, 2.05) is 0 Å². The summed E-state index contributed by atoms with van der Waals surface area (Å²) in [6.45, 7) is 0.961. The van der Waals surface area contributed by atoms with Gasteiger partial charge in [0.15, 0.2) is 11.5 Å². The fourth-order valence-corrected chi connectivity index (χ4v) is 3.65. The highest BCUT2D eigenvalue weighted by Crippen LogP contribution is 2.26. The molecule has 0 spiro atoms. The number of benzene rings is 2. The van der Waals surface area contributed by atoms with Crippen LogP contribution in [-0.4, -0.2) is 29.7 Å². The lowest BCUT2D eigenvalue weighted by Gasteiger charge is -2.30. The molecule has 0 atom stereocenters. The molecule has 1 aliphatic rings. The predicted octanol–water partition coefficient (Wildman–Crippen LogP) is 4.96. The molecule has 4 nitrogen and oxygen atoms in total. The van der Waals surface area contributed by atoms with Crippen LogP contribution in [0.3, 0.4) is 0 Å². The summed E-state index contributed by atoms with van der Waals surface area (Å²) in [5.41, 5.74) is 1.12. The summed E-state index contributed by atoms with van der Waals surface area (Å²) in [6, 6.07) is 12.5. The molecule has 0 aliphatic carbocycles. The molecule has 0 unspecified atom stereocenters. The van der Waals surface area contributed by atoms with Gasteiger partial charge < -0.3 is 9.32 Å². The highest BCUT2D eigenvalue weighted by Gasteiger charge is 2.29. The Balaban J connectivity index is 1.42. The van der Waals surface area contributed by atoms with Gasteiger partial charge in [0.1, 0.15) is 11.4 Å². The maximum Gasteiger partial charge on any atom is 0.289 e. The van der Waals surface area contributed by atoms with Gasteiger partial charge in [-0.1, -0.05) is 11.6 Å². The van der Waals surface area contributed by atoms with E-state index in [4.69, 9.17) is 16.0 Å². The van der Waals surface area contributed by atoms with Gasteiger partial charge in [0.2, 0.25) is 0 Å². The van der Waals surface area contributed by atoms with Gasteiger partial charge in [0, 0.05) is 35.0 Å². The van der Waals surface area contributed by atoms with Gasteiger partial charge in [-0.15, -0.1) is 0 Å². The summed E-state index contributed by atoms with van der Waals surface area (Å²) >= 11 is 5.97. The van der Waals surface area contributed by atoms with Crippen molar-refractivity contribution in [1.82, 2.24) is 4.90 Å². The molecular weight excluding hydrogens is 369 g/mol. The third-order valence-electron chi connectivity index (χ3n) is 4.97. The minimum Gasteiger partial charge on any atom is -0.451 e. The molecule has 1 saturated heterocycles. The molecule has 1 amide bonds. The topological polar surface area (TPSA) is 50.5 Å². The number of likely N-dealkylation sites (tertiary alicyclic amines) is 1. The van der Waals surface area contributed by atoms with E-state index in [2.05, 4.69) is 0 Å². The van der Waals surface area contributed by atoms with Crippen LogP contribution in [0.1, 0.15) is 33.8 Å².